The lowest BCUT2D eigenvalue weighted by molar-refractivity contribution is -0.132. The predicted molar refractivity (Wildman–Crippen MR) is 129 cm³/mol. The van der Waals surface area contributed by atoms with Crippen molar-refractivity contribution < 1.29 is 19.1 Å². The van der Waals surface area contributed by atoms with Gasteiger partial charge in [0.1, 0.15) is 11.5 Å². The van der Waals surface area contributed by atoms with Crippen molar-refractivity contribution in [2.45, 2.75) is 46.5 Å². The molecule has 1 aliphatic rings. The molecule has 1 aliphatic heterocycles. The van der Waals surface area contributed by atoms with Gasteiger partial charge in [-0.2, -0.15) is 5.10 Å². The molecule has 0 unspecified atom stereocenters. The quantitative estimate of drug-likeness (QED) is 0.461. The molecule has 1 N–H and O–H groups in total. The molecule has 0 saturated carbocycles. The Bertz CT molecular complexity index is 993. The second-order valence-corrected chi connectivity index (χ2v) is 8.62. The zero-order chi connectivity index (χ0) is 23.8. The van der Waals surface area contributed by atoms with E-state index in [1.165, 1.54) is 0 Å². The van der Waals surface area contributed by atoms with Crippen molar-refractivity contribution in [1.29, 1.82) is 0 Å². The fraction of sp³-hybridized carbons (Fsp3) is 0.423. The number of hydrogen-bond donors (Lipinski definition) is 1. The van der Waals surface area contributed by atoms with Gasteiger partial charge in [-0.05, 0) is 79.6 Å². The summed E-state index contributed by atoms with van der Waals surface area (Å²) >= 11 is 0. The second kappa shape index (κ2) is 11.5. The number of likely N-dealkylation sites (tertiary alicyclic amines) is 1. The first-order valence-corrected chi connectivity index (χ1v) is 11.4. The second-order valence-electron chi connectivity index (χ2n) is 8.62. The van der Waals surface area contributed by atoms with Gasteiger partial charge in [0.05, 0.1) is 5.71 Å². The van der Waals surface area contributed by atoms with E-state index in [2.05, 4.69) is 24.4 Å². The first-order valence-electron chi connectivity index (χ1n) is 11.4. The Morgan fingerprint density at radius 1 is 1.03 bits per heavy atom. The summed E-state index contributed by atoms with van der Waals surface area (Å²) in [5, 5.41) is 4.17. The third kappa shape index (κ3) is 7.07. The van der Waals surface area contributed by atoms with Gasteiger partial charge >= 0.3 is 0 Å². The Balaban J connectivity index is 1.48. The molecule has 7 heteroatoms. The Morgan fingerprint density at radius 2 is 1.73 bits per heavy atom. The molecule has 0 aromatic heterocycles. The Morgan fingerprint density at radius 3 is 2.39 bits per heavy atom. The summed E-state index contributed by atoms with van der Waals surface area (Å²) in [7, 11) is 0. The summed E-state index contributed by atoms with van der Waals surface area (Å²) in [5.74, 6) is 1.33. The van der Waals surface area contributed by atoms with Crippen LogP contribution in [0.3, 0.4) is 0 Å². The molecule has 2 aromatic carbocycles. The first kappa shape index (κ1) is 24.3. The van der Waals surface area contributed by atoms with Gasteiger partial charge in [0.15, 0.2) is 13.2 Å². The van der Waals surface area contributed by atoms with Gasteiger partial charge in [-0.1, -0.05) is 26.0 Å². The number of amides is 2. The molecule has 0 radical (unpaired) electrons. The lowest BCUT2D eigenvalue weighted by Crippen LogP contribution is -2.32. The van der Waals surface area contributed by atoms with Gasteiger partial charge in [-0.3, -0.25) is 9.59 Å². The van der Waals surface area contributed by atoms with Crippen LogP contribution < -0.4 is 14.9 Å². The molecule has 0 bridgehead atoms. The number of ether oxygens (including phenoxy) is 2. The van der Waals surface area contributed by atoms with Gasteiger partial charge in [-0.25, -0.2) is 5.43 Å². The molecule has 0 atom stereocenters. The van der Waals surface area contributed by atoms with Crippen molar-refractivity contribution in [3.8, 4) is 11.5 Å². The van der Waals surface area contributed by atoms with Crippen LogP contribution in [-0.2, 0) is 9.59 Å². The monoisotopic (exact) mass is 451 g/mol. The lowest BCUT2D eigenvalue weighted by Gasteiger charge is -2.15. The summed E-state index contributed by atoms with van der Waals surface area (Å²) in [6.07, 6.45) is 2.12. The molecular formula is C26H33N3O4. The zero-order valence-electron chi connectivity index (χ0n) is 19.9. The third-order valence-electron chi connectivity index (χ3n) is 5.59. The Hall–Kier alpha value is -3.35. The Kier molecular flexibility index (Phi) is 8.46. The maximum atomic E-state index is 12.2. The van der Waals surface area contributed by atoms with Crippen LogP contribution in [0.15, 0.2) is 47.6 Å². The molecule has 33 heavy (non-hydrogen) atoms. The molecule has 1 fully saturated rings. The number of aryl methyl sites for hydroxylation is 1. The van der Waals surface area contributed by atoms with Crippen molar-refractivity contribution in [2.75, 3.05) is 26.3 Å². The standard InChI is InChI=1S/C26H33N3O4/c1-18(2)23-12-7-19(3)15-24(23)33-16-25(30)28-27-20(4)21-8-10-22(11-9-21)32-17-26(31)29-13-5-6-14-29/h7-12,15,18H,5-6,13-14,16-17H2,1-4H3,(H,28,30)/b27-20+. The molecule has 3 rings (SSSR count). The van der Waals surface area contributed by atoms with Gasteiger partial charge in [0.25, 0.3) is 11.8 Å². The van der Waals surface area contributed by atoms with Crippen LogP contribution in [-0.4, -0.2) is 48.7 Å². The zero-order valence-corrected chi connectivity index (χ0v) is 19.9. The number of nitrogens with zero attached hydrogens (tertiary/aromatic N) is 2. The van der Waals surface area contributed by atoms with Crippen molar-refractivity contribution in [3.05, 3.63) is 59.2 Å². The van der Waals surface area contributed by atoms with Gasteiger partial charge in [-0.15, -0.1) is 0 Å². The summed E-state index contributed by atoms with van der Waals surface area (Å²) in [6, 6.07) is 13.3. The molecule has 1 saturated heterocycles. The first-order chi connectivity index (χ1) is 15.8. The summed E-state index contributed by atoms with van der Waals surface area (Å²) in [6.45, 7) is 9.55. The van der Waals surface area contributed by atoms with E-state index in [-0.39, 0.29) is 25.0 Å². The number of benzene rings is 2. The van der Waals surface area contributed by atoms with Crippen LogP contribution in [0.2, 0.25) is 0 Å². The van der Waals surface area contributed by atoms with E-state index in [1.54, 1.807) is 12.1 Å². The normalized spacial score (nSPS) is 13.8. The highest BCUT2D eigenvalue weighted by Crippen LogP contribution is 2.27. The predicted octanol–water partition coefficient (Wildman–Crippen LogP) is 4.04. The Labute approximate surface area is 195 Å². The highest BCUT2D eigenvalue weighted by Gasteiger charge is 2.18. The highest BCUT2D eigenvalue weighted by molar-refractivity contribution is 5.99. The molecule has 2 amide bonds. The van der Waals surface area contributed by atoms with Crippen LogP contribution in [0.4, 0.5) is 0 Å². The summed E-state index contributed by atoms with van der Waals surface area (Å²) in [5.41, 5.74) is 6.19. The summed E-state index contributed by atoms with van der Waals surface area (Å²) < 4.78 is 11.4. The number of carbonyl (C=O) groups is 2. The maximum absolute atomic E-state index is 12.2. The molecular weight excluding hydrogens is 418 g/mol. The number of nitrogens with one attached hydrogen (secondary N) is 1. The maximum Gasteiger partial charge on any atom is 0.277 e. The van der Waals surface area contributed by atoms with E-state index in [9.17, 15) is 9.59 Å². The minimum absolute atomic E-state index is 0.0189. The number of rotatable bonds is 9. The molecule has 2 aromatic rings. The molecule has 0 aliphatic carbocycles. The van der Waals surface area contributed by atoms with E-state index in [0.29, 0.717) is 17.4 Å². The average molecular weight is 452 g/mol. The fourth-order valence-corrected chi connectivity index (χ4v) is 3.63. The fourth-order valence-electron chi connectivity index (χ4n) is 3.63. The van der Waals surface area contributed by atoms with Crippen LogP contribution in [0.25, 0.3) is 0 Å². The third-order valence-corrected chi connectivity index (χ3v) is 5.59. The highest BCUT2D eigenvalue weighted by atomic mass is 16.5. The van der Waals surface area contributed by atoms with Crippen LogP contribution >= 0.6 is 0 Å². The van der Waals surface area contributed by atoms with E-state index >= 15 is 0 Å². The smallest absolute Gasteiger partial charge is 0.277 e. The van der Waals surface area contributed by atoms with Gasteiger partial charge < -0.3 is 14.4 Å². The lowest BCUT2D eigenvalue weighted by atomic mass is 10.0. The van der Waals surface area contributed by atoms with E-state index in [0.717, 1.165) is 48.4 Å². The van der Waals surface area contributed by atoms with Crippen molar-refractivity contribution >= 4 is 17.5 Å². The van der Waals surface area contributed by atoms with Crippen LogP contribution in [0.5, 0.6) is 11.5 Å². The largest absolute Gasteiger partial charge is 0.484 e. The van der Waals surface area contributed by atoms with Crippen molar-refractivity contribution in [1.82, 2.24) is 10.3 Å². The van der Waals surface area contributed by atoms with Gasteiger partial charge in [0.2, 0.25) is 0 Å². The van der Waals surface area contributed by atoms with Crippen LogP contribution in [0.1, 0.15) is 56.2 Å². The van der Waals surface area contributed by atoms with Crippen LogP contribution in [0, 0.1) is 6.92 Å². The number of hydrazone groups is 1. The van der Waals surface area contributed by atoms with Crippen molar-refractivity contribution in [3.63, 3.8) is 0 Å². The van der Waals surface area contributed by atoms with Gasteiger partial charge in [0, 0.05) is 13.1 Å². The molecule has 7 nitrogen and oxygen atoms in total. The molecule has 1 heterocycles. The average Bonchev–Trinajstić information content (AvgIpc) is 3.35. The summed E-state index contributed by atoms with van der Waals surface area (Å²) in [4.78, 5) is 26.2. The number of carbonyl (C=O) groups excluding carboxylic acids is 2. The minimum Gasteiger partial charge on any atom is -0.484 e. The van der Waals surface area contributed by atoms with E-state index < -0.39 is 0 Å². The molecule has 176 valence electrons. The number of hydrogen-bond acceptors (Lipinski definition) is 5. The topological polar surface area (TPSA) is 80.2 Å². The van der Waals surface area contributed by atoms with E-state index in [1.807, 2.05) is 49.1 Å². The van der Waals surface area contributed by atoms with E-state index in [4.69, 9.17) is 9.47 Å². The minimum atomic E-state index is -0.328. The molecule has 0 spiro atoms. The van der Waals surface area contributed by atoms with Crippen molar-refractivity contribution in [2.24, 2.45) is 5.10 Å². The SMILES string of the molecule is C/C(=N\NC(=O)COc1cc(C)ccc1C(C)C)c1ccc(OCC(=O)N2CCCC2)cc1.